The van der Waals surface area contributed by atoms with Gasteiger partial charge in [0, 0.05) is 12.1 Å². The smallest absolute Gasteiger partial charge is 0.254 e. The molecule has 2 atom stereocenters. The fourth-order valence-electron chi connectivity index (χ4n) is 2.34. The molecule has 0 radical (unpaired) electrons. The van der Waals surface area contributed by atoms with Crippen LogP contribution in [-0.2, 0) is 0 Å². The first-order chi connectivity index (χ1) is 8.47. The highest BCUT2D eigenvalue weighted by atomic mass is 19.1. The maximum atomic E-state index is 13.5. The average Bonchev–Trinajstić information content (AvgIpc) is 2.69. The number of carbonyl (C=O) groups excluding carboxylic acids is 1. The molecule has 0 aromatic heterocycles. The highest BCUT2D eigenvalue weighted by molar-refractivity contribution is 5.95. The molecule has 1 aromatic rings. The first-order valence-corrected chi connectivity index (χ1v) is 6.02. The van der Waals surface area contributed by atoms with Gasteiger partial charge in [-0.25, -0.2) is 8.78 Å². The molecule has 18 heavy (non-hydrogen) atoms. The van der Waals surface area contributed by atoms with Gasteiger partial charge in [0.15, 0.2) is 0 Å². The fourth-order valence-corrected chi connectivity index (χ4v) is 2.34. The Bertz CT molecular complexity index is 476. The van der Waals surface area contributed by atoms with E-state index in [-0.39, 0.29) is 17.3 Å². The lowest BCUT2D eigenvalue weighted by atomic mass is 10.1. The van der Waals surface area contributed by atoms with Gasteiger partial charge in [0.05, 0.1) is 11.3 Å². The van der Waals surface area contributed by atoms with E-state index < -0.39 is 17.5 Å². The minimum absolute atomic E-state index is 0.0678. The van der Waals surface area contributed by atoms with Crippen molar-refractivity contribution in [3.63, 3.8) is 0 Å². The number of nitrogens with one attached hydrogen (secondary N) is 1. The zero-order valence-corrected chi connectivity index (χ0v) is 10.2. The van der Waals surface area contributed by atoms with Crippen LogP contribution >= 0.6 is 0 Å². The minimum atomic E-state index is -0.884. The van der Waals surface area contributed by atoms with Crippen molar-refractivity contribution in [2.75, 3.05) is 5.73 Å². The number of carbonyl (C=O) groups is 1. The molecule has 1 aliphatic rings. The second kappa shape index (κ2) is 4.92. The van der Waals surface area contributed by atoms with Crippen molar-refractivity contribution in [3.8, 4) is 0 Å². The predicted octanol–water partition coefficient (Wildman–Crippen LogP) is 2.47. The largest absolute Gasteiger partial charge is 0.396 e. The molecule has 0 saturated heterocycles. The van der Waals surface area contributed by atoms with Crippen LogP contribution in [0.1, 0.15) is 36.5 Å². The normalized spacial score (nSPS) is 23.1. The van der Waals surface area contributed by atoms with Crippen molar-refractivity contribution < 1.29 is 13.6 Å². The summed E-state index contributed by atoms with van der Waals surface area (Å²) in [5.41, 5.74) is 4.91. The number of hydrogen-bond donors (Lipinski definition) is 2. The number of anilines is 1. The highest BCUT2D eigenvalue weighted by Crippen LogP contribution is 2.25. The van der Waals surface area contributed by atoms with Crippen molar-refractivity contribution in [2.24, 2.45) is 5.92 Å². The summed E-state index contributed by atoms with van der Waals surface area (Å²) in [5.74, 6) is -1.69. The Morgan fingerprint density at radius 1 is 1.33 bits per heavy atom. The molecular weight excluding hydrogens is 238 g/mol. The van der Waals surface area contributed by atoms with Gasteiger partial charge in [0.25, 0.3) is 5.91 Å². The summed E-state index contributed by atoms with van der Waals surface area (Å²) in [6.45, 7) is 2.11. The molecule has 5 heteroatoms. The van der Waals surface area contributed by atoms with E-state index in [4.69, 9.17) is 5.73 Å². The Kier molecular flexibility index (Phi) is 3.50. The summed E-state index contributed by atoms with van der Waals surface area (Å²) in [6, 6.07) is 1.75. The van der Waals surface area contributed by atoms with E-state index in [1.807, 2.05) is 0 Å². The van der Waals surface area contributed by atoms with E-state index in [0.29, 0.717) is 12.0 Å². The molecule has 3 nitrogen and oxygen atoms in total. The van der Waals surface area contributed by atoms with Crippen LogP contribution in [0.3, 0.4) is 0 Å². The lowest BCUT2D eigenvalue weighted by Crippen LogP contribution is -2.33. The van der Waals surface area contributed by atoms with Gasteiger partial charge in [-0.2, -0.15) is 0 Å². The zero-order chi connectivity index (χ0) is 13.3. The van der Waals surface area contributed by atoms with Crippen LogP contribution in [-0.4, -0.2) is 11.9 Å². The first-order valence-electron chi connectivity index (χ1n) is 6.02. The van der Waals surface area contributed by atoms with Gasteiger partial charge < -0.3 is 11.1 Å². The van der Waals surface area contributed by atoms with Crippen LogP contribution in [0.5, 0.6) is 0 Å². The topological polar surface area (TPSA) is 55.1 Å². The lowest BCUT2D eigenvalue weighted by molar-refractivity contribution is 0.0933. The molecule has 0 aliphatic heterocycles. The maximum absolute atomic E-state index is 13.5. The molecule has 0 heterocycles. The van der Waals surface area contributed by atoms with Crippen LogP contribution in [0.15, 0.2) is 12.1 Å². The SMILES string of the molecule is CC1CCC(NC(=O)c2cc(N)c(F)cc2F)C1. The number of nitrogen functional groups attached to an aromatic ring is 1. The minimum Gasteiger partial charge on any atom is -0.396 e. The second-order valence-electron chi connectivity index (χ2n) is 4.94. The van der Waals surface area contributed by atoms with Gasteiger partial charge in [-0.05, 0) is 31.2 Å². The van der Waals surface area contributed by atoms with Crippen molar-refractivity contribution in [1.82, 2.24) is 5.32 Å². The van der Waals surface area contributed by atoms with Crippen LogP contribution in [0.4, 0.5) is 14.5 Å². The lowest BCUT2D eigenvalue weighted by Gasteiger charge is -2.13. The van der Waals surface area contributed by atoms with Gasteiger partial charge >= 0.3 is 0 Å². The Morgan fingerprint density at radius 2 is 2.06 bits per heavy atom. The molecule has 1 amide bonds. The predicted molar refractivity (Wildman–Crippen MR) is 65.0 cm³/mol. The zero-order valence-electron chi connectivity index (χ0n) is 10.2. The van der Waals surface area contributed by atoms with Gasteiger partial charge in [-0.15, -0.1) is 0 Å². The molecule has 2 unspecified atom stereocenters. The summed E-state index contributed by atoms with van der Waals surface area (Å²) < 4.78 is 26.5. The van der Waals surface area contributed by atoms with Crippen LogP contribution in [0.25, 0.3) is 0 Å². The van der Waals surface area contributed by atoms with Gasteiger partial charge in [-0.3, -0.25) is 4.79 Å². The molecule has 98 valence electrons. The Labute approximate surface area is 104 Å². The van der Waals surface area contributed by atoms with Crippen molar-refractivity contribution in [1.29, 1.82) is 0 Å². The standard InChI is InChI=1S/C13H16F2N2O/c1-7-2-3-8(4-7)17-13(18)9-5-12(16)11(15)6-10(9)14/h5-8H,2-4,16H2,1H3,(H,17,18). The third-order valence-electron chi connectivity index (χ3n) is 3.36. The second-order valence-corrected chi connectivity index (χ2v) is 4.94. The summed E-state index contributed by atoms with van der Waals surface area (Å²) in [5, 5.41) is 2.76. The van der Waals surface area contributed by atoms with Crippen molar-refractivity contribution >= 4 is 11.6 Å². The molecule has 0 spiro atoms. The molecule has 0 bridgehead atoms. The molecule has 1 aliphatic carbocycles. The average molecular weight is 254 g/mol. The van der Waals surface area contributed by atoms with E-state index >= 15 is 0 Å². The van der Waals surface area contributed by atoms with Crippen LogP contribution in [0, 0.1) is 17.6 Å². The summed E-state index contributed by atoms with van der Waals surface area (Å²) in [7, 11) is 0. The monoisotopic (exact) mass is 254 g/mol. The van der Waals surface area contributed by atoms with Gasteiger partial charge in [0.2, 0.25) is 0 Å². The number of nitrogens with two attached hydrogens (primary N) is 1. The van der Waals surface area contributed by atoms with E-state index in [2.05, 4.69) is 12.2 Å². The van der Waals surface area contributed by atoms with Gasteiger partial charge in [0.1, 0.15) is 11.6 Å². The third kappa shape index (κ3) is 2.60. The van der Waals surface area contributed by atoms with E-state index in [1.165, 1.54) is 0 Å². The molecule has 2 rings (SSSR count). The van der Waals surface area contributed by atoms with E-state index in [0.717, 1.165) is 25.3 Å². The van der Waals surface area contributed by atoms with Crippen LogP contribution in [0.2, 0.25) is 0 Å². The molecular formula is C13H16F2N2O. The summed E-state index contributed by atoms with van der Waals surface area (Å²) >= 11 is 0. The Morgan fingerprint density at radius 3 is 2.67 bits per heavy atom. The summed E-state index contributed by atoms with van der Waals surface area (Å²) in [6.07, 6.45) is 2.84. The molecule has 1 aromatic carbocycles. The Balaban J connectivity index is 2.11. The number of halogens is 2. The van der Waals surface area contributed by atoms with E-state index in [9.17, 15) is 13.6 Å². The summed E-state index contributed by atoms with van der Waals surface area (Å²) in [4.78, 5) is 11.9. The number of benzene rings is 1. The first kappa shape index (κ1) is 12.8. The quantitative estimate of drug-likeness (QED) is 0.796. The van der Waals surface area contributed by atoms with Gasteiger partial charge in [-0.1, -0.05) is 6.92 Å². The maximum Gasteiger partial charge on any atom is 0.254 e. The van der Waals surface area contributed by atoms with Crippen molar-refractivity contribution in [3.05, 3.63) is 29.3 Å². The van der Waals surface area contributed by atoms with Crippen LogP contribution < -0.4 is 11.1 Å². The molecule has 3 N–H and O–H groups in total. The highest BCUT2D eigenvalue weighted by Gasteiger charge is 2.24. The molecule has 1 fully saturated rings. The van der Waals surface area contributed by atoms with E-state index in [1.54, 1.807) is 0 Å². The number of amides is 1. The third-order valence-corrected chi connectivity index (χ3v) is 3.36. The fraction of sp³-hybridized carbons (Fsp3) is 0.462. The number of hydrogen-bond acceptors (Lipinski definition) is 2. The number of rotatable bonds is 2. The van der Waals surface area contributed by atoms with Crippen molar-refractivity contribution in [2.45, 2.75) is 32.2 Å². The molecule has 1 saturated carbocycles. The Hall–Kier alpha value is -1.65.